The quantitative estimate of drug-likeness (QED) is 0.419. The standard InChI is InChI=1S/C22H34N6/c1-19-7-3-4-16-27(19)17-5-13-24-22(23-2)25-15-12-20-8-10-21(11-9-20)28-18-6-14-26-28/h6,8-11,14,18-19H,3-5,7,12-13,15-17H2,1-2H3,(H2,23,24,25). The Hall–Kier alpha value is -2.34. The Bertz CT molecular complexity index is 707. The fourth-order valence-corrected chi connectivity index (χ4v) is 3.76. The highest BCUT2D eigenvalue weighted by Crippen LogP contribution is 2.16. The minimum Gasteiger partial charge on any atom is -0.356 e. The summed E-state index contributed by atoms with van der Waals surface area (Å²) < 4.78 is 1.87. The van der Waals surface area contributed by atoms with E-state index in [9.17, 15) is 0 Å². The monoisotopic (exact) mass is 382 g/mol. The van der Waals surface area contributed by atoms with Crippen molar-refractivity contribution < 1.29 is 0 Å². The van der Waals surface area contributed by atoms with E-state index < -0.39 is 0 Å². The van der Waals surface area contributed by atoms with Gasteiger partial charge in [-0.3, -0.25) is 4.99 Å². The average molecular weight is 383 g/mol. The van der Waals surface area contributed by atoms with Crippen molar-refractivity contribution in [2.75, 3.05) is 33.2 Å². The third-order valence-corrected chi connectivity index (χ3v) is 5.49. The lowest BCUT2D eigenvalue weighted by Gasteiger charge is -2.33. The maximum absolute atomic E-state index is 4.34. The number of hydrogen-bond acceptors (Lipinski definition) is 3. The molecule has 3 rings (SSSR count). The first kappa shape index (κ1) is 20.4. The first-order valence-corrected chi connectivity index (χ1v) is 10.5. The van der Waals surface area contributed by atoms with Crippen LogP contribution in [0.25, 0.3) is 5.69 Å². The molecule has 6 heteroatoms. The molecule has 1 aliphatic rings. The Morgan fingerprint density at radius 2 is 2.00 bits per heavy atom. The van der Waals surface area contributed by atoms with Gasteiger partial charge in [0.1, 0.15) is 0 Å². The van der Waals surface area contributed by atoms with Gasteiger partial charge in [-0.25, -0.2) is 4.68 Å². The summed E-state index contributed by atoms with van der Waals surface area (Å²) in [6.07, 6.45) is 9.95. The van der Waals surface area contributed by atoms with Gasteiger partial charge < -0.3 is 15.5 Å². The molecule has 0 spiro atoms. The Balaban J connectivity index is 1.33. The Morgan fingerprint density at radius 1 is 1.18 bits per heavy atom. The molecular weight excluding hydrogens is 348 g/mol. The molecule has 1 unspecified atom stereocenters. The fourth-order valence-electron chi connectivity index (χ4n) is 3.76. The van der Waals surface area contributed by atoms with E-state index in [1.54, 1.807) is 6.20 Å². The zero-order valence-electron chi connectivity index (χ0n) is 17.3. The number of aromatic nitrogens is 2. The highest BCUT2D eigenvalue weighted by Gasteiger charge is 2.17. The molecule has 1 saturated heterocycles. The Morgan fingerprint density at radius 3 is 2.71 bits per heavy atom. The first-order valence-electron chi connectivity index (χ1n) is 10.5. The largest absolute Gasteiger partial charge is 0.356 e. The SMILES string of the molecule is CN=C(NCCCN1CCCCC1C)NCCc1ccc(-n2cccn2)cc1. The molecule has 28 heavy (non-hydrogen) atoms. The van der Waals surface area contributed by atoms with Crippen molar-refractivity contribution in [2.45, 2.75) is 45.1 Å². The summed E-state index contributed by atoms with van der Waals surface area (Å²) in [6.45, 7) is 6.61. The van der Waals surface area contributed by atoms with Crippen LogP contribution in [0.4, 0.5) is 0 Å². The number of hydrogen-bond donors (Lipinski definition) is 2. The van der Waals surface area contributed by atoms with Crippen LogP contribution < -0.4 is 10.6 Å². The molecule has 0 aliphatic carbocycles. The van der Waals surface area contributed by atoms with E-state index in [0.717, 1.165) is 43.6 Å². The second-order valence-electron chi connectivity index (χ2n) is 7.53. The van der Waals surface area contributed by atoms with E-state index in [4.69, 9.17) is 0 Å². The summed E-state index contributed by atoms with van der Waals surface area (Å²) in [7, 11) is 1.83. The molecule has 152 valence electrons. The van der Waals surface area contributed by atoms with Crippen molar-refractivity contribution in [3.05, 3.63) is 48.3 Å². The fraction of sp³-hybridized carbons (Fsp3) is 0.545. The zero-order valence-corrected chi connectivity index (χ0v) is 17.3. The molecule has 1 aliphatic heterocycles. The van der Waals surface area contributed by atoms with Gasteiger partial charge in [0.25, 0.3) is 0 Å². The number of aliphatic imine (C=N–C) groups is 1. The van der Waals surface area contributed by atoms with Crippen molar-refractivity contribution in [3.8, 4) is 5.69 Å². The number of nitrogens with one attached hydrogen (secondary N) is 2. The van der Waals surface area contributed by atoms with Gasteiger partial charge in [-0.2, -0.15) is 5.10 Å². The lowest BCUT2D eigenvalue weighted by atomic mass is 10.0. The number of rotatable bonds is 8. The Labute approximate surface area is 169 Å². The molecule has 1 aromatic heterocycles. The predicted octanol–water partition coefficient (Wildman–Crippen LogP) is 2.84. The predicted molar refractivity (Wildman–Crippen MR) is 116 cm³/mol. The lowest BCUT2D eigenvalue weighted by Crippen LogP contribution is -2.41. The van der Waals surface area contributed by atoms with Gasteiger partial charge in [0.2, 0.25) is 0 Å². The van der Waals surface area contributed by atoms with Crippen molar-refractivity contribution in [1.29, 1.82) is 0 Å². The molecule has 1 fully saturated rings. The molecule has 6 nitrogen and oxygen atoms in total. The van der Waals surface area contributed by atoms with Crippen LogP contribution in [0.2, 0.25) is 0 Å². The van der Waals surface area contributed by atoms with Crippen LogP contribution in [-0.2, 0) is 6.42 Å². The summed E-state index contributed by atoms with van der Waals surface area (Å²) in [5, 5.41) is 11.1. The van der Waals surface area contributed by atoms with Crippen LogP contribution >= 0.6 is 0 Å². The molecule has 0 radical (unpaired) electrons. The van der Waals surface area contributed by atoms with Crippen molar-refractivity contribution in [1.82, 2.24) is 25.3 Å². The maximum Gasteiger partial charge on any atom is 0.190 e. The lowest BCUT2D eigenvalue weighted by molar-refractivity contribution is 0.159. The minimum absolute atomic E-state index is 0.742. The van der Waals surface area contributed by atoms with E-state index in [1.165, 1.54) is 37.9 Å². The maximum atomic E-state index is 4.34. The van der Waals surface area contributed by atoms with Gasteiger partial charge in [-0.05, 0) is 62.9 Å². The van der Waals surface area contributed by atoms with Gasteiger partial charge in [0.15, 0.2) is 5.96 Å². The van der Waals surface area contributed by atoms with Crippen LogP contribution in [-0.4, -0.2) is 59.9 Å². The molecule has 0 bridgehead atoms. The first-order chi connectivity index (χ1) is 13.8. The van der Waals surface area contributed by atoms with Gasteiger partial charge >= 0.3 is 0 Å². The zero-order chi connectivity index (χ0) is 19.6. The van der Waals surface area contributed by atoms with Crippen LogP contribution in [0.3, 0.4) is 0 Å². The van der Waals surface area contributed by atoms with Gasteiger partial charge in [0, 0.05) is 45.1 Å². The summed E-state index contributed by atoms with van der Waals surface area (Å²) in [4.78, 5) is 6.95. The van der Waals surface area contributed by atoms with Crippen molar-refractivity contribution in [3.63, 3.8) is 0 Å². The van der Waals surface area contributed by atoms with Gasteiger partial charge in [-0.15, -0.1) is 0 Å². The highest BCUT2D eigenvalue weighted by atomic mass is 15.3. The third kappa shape index (κ3) is 6.09. The third-order valence-electron chi connectivity index (χ3n) is 5.49. The van der Waals surface area contributed by atoms with Crippen LogP contribution in [0.15, 0.2) is 47.7 Å². The van der Waals surface area contributed by atoms with E-state index in [2.05, 4.69) is 56.8 Å². The molecular formula is C22H34N6. The molecule has 1 aromatic carbocycles. The van der Waals surface area contributed by atoms with Gasteiger partial charge in [0.05, 0.1) is 5.69 Å². The van der Waals surface area contributed by atoms with E-state index in [-0.39, 0.29) is 0 Å². The summed E-state index contributed by atoms with van der Waals surface area (Å²) in [5.74, 6) is 0.889. The molecule has 0 amide bonds. The molecule has 2 heterocycles. The molecule has 1 atom stereocenters. The number of nitrogens with zero attached hydrogens (tertiary/aromatic N) is 4. The highest BCUT2D eigenvalue weighted by molar-refractivity contribution is 5.79. The normalized spacial score (nSPS) is 18.2. The summed E-state index contributed by atoms with van der Waals surface area (Å²) in [5.41, 5.74) is 2.39. The molecule has 0 saturated carbocycles. The van der Waals surface area contributed by atoms with Crippen LogP contribution in [0.5, 0.6) is 0 Å². The van der Waals surface area contributed by atoms with Crippen molar-refractivity contribution >= 4 is 5.96 Å². The van der Waals surface area contributed by atoms with Gasteiger partial charge in [-0.1, -0.05) is 18.6 Å². The van der Waals surface area contributed by atoms with E-state index >= 15 is 0 Å². The number of benzene rings is 1. The topological polar surface area (TPSA) is 57.5 Å². The van der Waals surface area contributed by atoms with Crippen LogP contribution in [0, 0.1) is 0 Å². The van der Waals surface area contributed by atoms with E-state index in [1.807, 2.05) is 24.0 Å². The molecule has 2 aromatic rings. The number of likely N-dealkylation sites (tertiary alicyclic amines) is 1. The number of guanidine groups is 1. The van der Waals surface area contributed by atoms with E-state index in [0.29, 0.717) is 0 Å². The Kier molecular flexibility index (Phi) is 7.91. The second kappa shape index (κ2) is 10.9. The number of piperidine rings is 1. The average Bonchev–Trinajstić information content (AvgIpc) is 3.26. The summed E-state index contributed by atoms with van der Waals surface area (Å²) >= 11 is 0. The summed E-state index contributed by atoms with van der Waals surface area (Å²) in [6, 6.07) is 11.2. The second-order valence-corrected chi connectivity index (χ2v) is 7.53. The van der Waals surface area contributed by atoms with Crippen molar-refractivity contribution in [2.24, 2.45) is 4.99 Å². The van der Waals surface area contributed by atoms with Crippen LogP contribution in [0.1, 0.15) is 38.2 Å². The smallest absolute Gasteiger partial charge is 0.190 e. The molecule has 2 N–H and O–H groups in total. The minimum atomic E-state index is 0.742.